The molecule has 2 aromatic heterocycles. The Labute approximate surface area is 161 Å². The molecule has 1 saturated heterocycles. The van der Waals surface area contributed by atoms with Crippen molar-refractivity contribution in [1.82, 2.24) is 14.9 Å². The first-order valence-corrected chi connectivity index (χ1v) is 10.8. The van der Waals surface area contributed by atoms with Crippen molar-refractivity contribution < 1.29 is 4.79 Å². The maximum atomic E-state index is 12.7. The number of piperidine rings is 1. The van der Waals surface area contributed by atoms with E-state index in [1.165, 1.54) is 18.2 Å². The first kappa shape index (κ1) is 17.5. The molecule has 6 heteroatoms. The van der Waals surface area contributed by atoms with Crippen molar-refractivity contribution in [1.29, 1.82) is 0 Å². The number of thioether (sulfide) groups is 1. The number of para-hydroxylation sites is 1. The minimum absolute atomic E-state index is 0.211. The van der Waals surface area contributed by atoms with Gasteiger partial charge in [0.15, 0.2) is 5.82 Å². The van der Waals surface area contributed by atoms with Crippen molar-refractivity contribution in [2.75, 3.05) is 12.3 Å². The highest BCUT2D eigenvalue weighted by Gasteiger charge is 2.23. The Bertz CT molecular complexity index is 911. The van der Waals surface area contributed by atoms with Gasteiger partial charge in [0.2, 0.25) is 5.91 Å². The summed E-state index contributed by atoms with van der Waals surface area (Å²) in [4.78, 5) is 25.2. The highest BCUT2D eigenvalue weighted by atomic mass is 32.2. The van der Waals surface area contributed by atoms with Gasteiger partial charge in [-0.15, -0.1) is 11.3 Å². The normalized spacial score (nSPS) is 17.6. The molecule has 1 atom stereocenters. The molecule has 0 bridgehead atoms. The number of carbonyl (C=O) groups excluding carboxylic acids is 1. The van der Waals surface area contributed by atoms with E-state index in [-0.39, 0.29) is 5.91 Å². The summed E-state index contributed by atoms with van der Waals surface area (Å²) >= 11 is 3.16. The Hall–Kier alpha value is -1.92. The van der Waals surface area contributed by atoms with Gasteiger partial charge in [-0.1, -0.05) is 36.0 Å². The van der Waals surface area contributed by atoms with Crippen molar-refractivity contribution in [3.8, 4) is 10.7 Å². The molecule has 1 fully saturated rings. The van der Waals surface area contributed by atoms with Crippen LogP contribution in [0.25, 0.3) is 21.6 Å². The lowest BCUT2D eigenvalue weighted by Crippen LogP contribution is -2.42. The Balaban J connectivity index is 1.60. The molecule has 3 heterocycles. The number of amides is 1. The van der Waals surface area contributed by atoms with Crippen molar-refractivity contribution in [2.24, 2.45) is 0 Å². The molecular weight excluding hydrogens is 362 g/mol. The molecule has 0 radical (unpaired) electrons. The van der Waals surface area contributed by atoms with Gasteiger partial charge in [0.25, 0.3) is 0 Å². The minimum Gasteiger partial charge on any atom is -0.339 e. The number of aromatic nitrogens is 2. The lowest BCUT2D eigenvalue weighted by atomic mass is 10.0. The molecule has 3 aromatic rings. The molecule has 0 spiro atoms. The van der Waals surface area contributed by atoms with E-state index in [1.807, 2.05) is 46.7 Å². The molecule has 1 unspecified atom stereocenters. The number of likely N-dealkylation sites (tertiary alicyclic amines) is 1. The van der Waals surface area contributed by atoms with Crippen LogP contribution in [0, 0.1) is 0 Å². The Morgan fingerprint density at radius 3 is 2.92 bits per heavy atom. The molecule has 1 aliphatic rings. The zero-order chi connectivity index (χ0) is 17.9. The van der Waals surface area contributed by atoms with Gasteiger partial charge >= 0.3 is 0 Å². The average molecular weight is 384 g/mol. The van der Waals surface area contributed by atoms with E-state index in [2.05, 4.69) is 6.92 Å². The van der Waals surface area contributed by atoms with Crippen LogP contribution in [-0.4, -0.2) is 39.1 Å². The van der Waals surface area contributed by atoms with E-state index in [0.29, 0.717) is 11.8 Å². The number of rotatable bonds is 4. The molecule has 1 amide bonds. The first-order chi connectivity index (χ1) is 12.7. The van der Waals surface area contributed by atoms with Crippen molar-refractivity contribution in [3.05, 3.63) is 41.8 Å². The van der Waals surface area contributed by atoms with Crippen LogP contribution in [0.4, 0.5) is 0 Å². The van der Waals surface area contributed by atoms with E-state index < -0.39 is 0 Å². The SMILES string of the molecule is CC1CCCCN1C(=O)CSc1nc(-c2cccs2)nc2ccccc12. The number of nitrogens with zero attached hydrogens (tertiary/aromatic N) is 3. The predicted molar refractivity (Wildman–Crippen MR) is 109 cm³/mol. The van der Waals surface area contributed by atoms with Gasteiger partial charge in [-0.25, -0.2) is 9.97 Å². The molecule has 4 rings (SSSR count). The monoisotopic (exact) mass is 383 g/mol. The maximum absolute atomic E-state index is 12.7. The van der Waals surface area contributed by atoms with Gasteiger partial charge < -0.3 is 4.90 Å². The van der Waals surface area contributed by atoms with Gasteiger partial charge in [-0.3, -0.25) is 4.79 Å². The minimum atomic E-state index is 0.211. The van der Waals surface area contributed by atoms with Crippen LogP contribution in [0.3, 0.4) is 0 Å². The average Bonchev–Trinajstić information content (AvgIpc) is 3.21. The van der Waals surface area contributed by atoms with Gasteiger partial charge in [0.05, 0.1) is 16.1 Å². The van der Waals surface area contributed by atoms with Crippen molar-refractivity contribution in [3.63, 3.8) is 0 Å². The molecule has 1 aliphatic heterocycles. The molecule has 134 valence electrons. The maximum Gasteiger partial charge on any atom is 0.233 e. The van der Waals surface area contributed by atoms with Crippen LogP contribution in [0.5, 0.6) is 0 Å². The second-order valence-corrected chi connectivity index (χ2v) is 8.48. The van der Waals surface area contributed by atoms with Crippen LogP contribution in [0.2, 0.25) is 0 Å². The van der Waals surface area contributed by atoms with E-state index in [1.54, 1.807) is 11.3 Å². The summed E-state index contributed by atoms with van der Waals surface area (Å²) in [6.07, 6.45) is 3.44. The Morgan fingerprint density at radius 2 is 2.12 bits per heavy atom. The number of thiophene rings is 1. The highest BCUT2D eigenvalue weighted by molar-refractivity contribution is 8.00. The van der Waals surface area contributed by atoms with Gasteiger partial charge in [-0.2, -0.15) is 0 Å². The Kier molecular flexibility index (Phi) is 5.22. The number of carbonyl (C=O) groups is 1. The van der Waals surface area contributed by atoms with E-state index in [0.717, 1.165) is 46.0 Å². The van der Waals surface area contributed by atoms with E-state index in [9.17, 15) is 4.79 Å². The standard InChI is InChI=1S/C20H21N3OS2/c1-14-7-4-5-11-23(14)18(24)13-26-20-15-8-2-3-9-16(15)21-19(22-20)17-10-6-12-25-17/h2-3,6,8-10,12,14H,4-5,7,11,13H2,1H3. The van der Waals surface area contributed by atoms with E-state index in [4.69, 9.17) is 9.97 Å². The van der Waals surface area contributed by atoms with Crippen LogP contribution < -0.4 is 0 Å². The number of hydrogen-bond acceptors (Lipinski definition) is 5. The van der Waals surface area contributed by atoms with Crippen LogP contribution in [-0.2, 0) is 4.79 Å². The molecular formula is C20H21N3OS2. The largest absolute Gasteiger partial charge is 0.339 e. The second-order valence-electron chi connectivity index (χ2n) is 6.57. The van der Waals surface area contributed by atoms with E-state index >= 15 is 0 Å². The third kappa shape index (κ3) is 3.62. The zero-order valence-corrected chi connectivity index (χ0v) is 16.4. The van der Waals surface area contributed by atoms with Gasteiger partial charge in [0.1, 0.15) is 5.03 Å². The van der Waals surface area contributed by atoms with Crippen molar-refractivity contribution >= 4 is 39.9 Å². The smallest absolute Gasteiger partial charge is 0.233 e. The van der Waals surface area contributed by atoms with Gasteiger partial charge in [0, 0.05) is 18.0 Å². The number of fused-ring (bicyclic) bond motifs is 1. The van der Waals surface area contributed by atoms with Crippen LogP contribution in [0.15, 0.2) is 46.8 Å². The quantitative estimate of drug-likeness (QED) is 0.477. The highest BCUT2D eigenvalue weighted by Crippen LogP contribution is 2.30. The summed E-state index contributed by atoms with van der Waals surface area (Å²) < 4.78 is 0. The molecule has 0 aliphatic carbocycles. The molecule has 26 heavy (non-hydrogen) atoms. The topological polar surface area (TPSA) is 46.1 Å². The summed E-state index contributed by atoms with van der Waals surface area (Å²) in [6, 6.07) is 12.4. The lowest BCUT2D eigenvalue weighted by Gasteiger charge is -2.33. The molecule has 1 aromatic carbocycles. The molecule has 0 N–H and O–H groups in total. The first-order valence-electron chi connectivity index (χ1n) is 8.95. The summed E-state index contributed by atoms with van der Waals surface area (Å²) in [6.45, 7) is 3.03. The van der Waals surface area contributed by atoms with Crippen LogP contribution >= 0.6 is 23.1 Å². The fourth-order valence-corrected chi connectivity index (χ4v) is 4.92. The molecule has 4 nitrogen and oxygen atoms in total. The van der Waals surface area contributed by atoms with Gasteiger partial charge in [-0.05, 0) is 43.7 Å². The fraction of sp³-hybridized carbons (Fsp3) is 0.350. The zero-order valence-electron chi connectivity index (χ0n) is 14.7. The summed E-state index contributed by atoms with van der Waals surface area (Å²) in [5.74, 6) is 1.37. The van der Waals surface area contributed by atoms with Crippen molar-refractivity contribution in [2.45, 2.75) is 37.3 Å². The molecule has 0 saturated carbocycles. The second kappa shape index (κ2) is 7.76. The summed E-state index contributed by atoms with van der Waals surface area (Å²) in [5.41, 5.74) is 0.923. The fourth-order valence-electron chi connectivity index (χ4n) is 3.36. The third-order valence-electron chi connectivity index (χ3n) is 4.77. The lowest BCUT2D eigenvalue weighted by molar-refractivity contribution is -0.131. The summed E-state index contributed by atoms with van der Waals surface area (Å²) in [7, 11) is 0. The Morgan fingerprint density at radius 1 is 1.23 bits per heavy atom. The third-order valence-corrected chi connectivity index (χ3v) is 6.61. The summed E-state index contributed by atoms with van der Waals surface area (Å²) in [5, 5.41) is 3.93. The number of benzene rings is 1. The number of hydrogen-bond donors (Lipinski definition) is 0. The van der Waals surface area contributed by atoms with Crippen LogP contribution in [0.1, 0.15) is 26.2 Å². The predicted octanol–water partition coefficient (Wildman–Crippen LogP) is 4.85.